The van der Waals surface area contributed by atoms with Crippen LogP contribution in [0.4, 0.5) is 11.4 Å². The van der Waals surface area contributed by atoms with Crippen LogP contribution >= 0.6 is 34.8 Å². The van der Waals surface area contributed by atoms with Crippen LogP contribution in [0, 0.1) is 10.1 Å². The van der Waals surface area contributed by atoms with Crippen molar-refractivity contribution in [2.75, 3.05) is 11.9 Å². The first-order chi connectivity index (χ1) is 16.6. The summed E-state index contributed by atoms with van der Waals surface area (Å²) >= 11 is 17.8. The van der Waals surface area contributed by atoms with Crippen LogP contribution < -0.4 is 10.6 Å². The Morgan fingerprint density at radius 2 is 1.54 bits per heavy atom. The van der Waals surface area contributed by atoms with Gasteiger partial charge >= 0.3 is 5.97 Å². The number of hydrogen-bond acceptors (Lipinski definition) is 6. The Bertz CT molecular complexity index is 1270. The van der Waals surface area contributed by atoms with Crippen molar-refractivity contribution >= 4 is 64.0 Å². The highest BCUT2D eigenvalue weighted by molar-refractivity contribution is 6.35. The van der Waals surface area contributed by atoms with Crippen molar-refractivity contribution in [2.24, 2.45) is 0 Å². The molecule has 2 N–H and O–H groups in total. The average molecular weight is 537 g/mol. The maximum Gasteiger partial charge on any atom is 0.326 e. The lowest BCUT2D eigenvalue weighted by Gasteiger charge is -2.18. The largest absolute Gasteiger partial charge is 0.446 e. The summed E-state index contributed by atoms with van der Waals surface area (Å²) in [4.78, 5) is 48.0. The molecular weight excluding hydrogens is 521 g/mol. The number of non-ortho nitro benzene ring substituents is 1. The number of rotatable bonds is 8. The van der Waals surface area contributed by atoms with Gasteiger partial charge in [0.1, 0.15) is 6.54 Å². The highest BCUT2D eigenvalue weighted by atomic mass is 35.5. The van der Waals surface area contributed by atoms with Gasteiger partial charge in [0, 0.05) is 44.0 Å². The molecule has 180 valence electrons. The minimum Gasteiger partial charge on any atom is -0.446 e. The van der Waals surface area contributed by atoms with Gasteiger partial charge in [-0.05, 0) is 24.3 Å². The zero-order chi connectivity index (χ0) is 25.5. The van der Waals surface area contributed by atoms with Crippen molar-refractivity contribution in [2.45, 2.75) is 6.10 Å². The standard InChI is InChI=1S/C23H16Cl3N3O6/c24-15-6-14(7-19(11-15)29(33)34)22(31)27-12-20(30)35-21(13-4-2-1-3-5-13)23(32)28-18-9-16(25)8-17(26)10-18/h1-11,21H,12H2,(H,27,31)(H,28,32). The van der Waals surface area contributed by atoms with Gasteiger partial charge in [-0.15, -0.1) is 0 Å². The number of carbonyl (C=O) groups is 3. The van der Waals surface area contributed by atoms with Crippen LogP contribution in [-0.2, 0) is 14.3 Å². The summed E-state index contributed by atoms with van der Waals surface area (Å²) in [7, 11) is 0. The van der Waals surface area contributed by atoms with E-state index in [4.69, 9.17) is 39.5 Å². The van der Waals surface area contributed by atoms with E-state index in [1.807, 2.05) is 0 Å². The molecule has 1 unspecified atom stereocenters. The van der Waals surface area contributed by atoms with Gasteiger partial charge in [-0.3, -0.25) is 24.5 Å². The van der Waals surface area contributed by atoms with E-state index in [9.17, 15) is 24.5 Å². The summed E-state index contributed by atoms with van der Waals surface area (Å²) in [6.07, 6.45) is -1.36. The van der Waals surface area contributed by atoms with E-state index in [0.29, 0.717) is 21.3 Å². The lowest BCUT2D eigenvalue weighted by molar-refractivity contribution is -0.384. The molecule has 0 aliphatic heterocycles. The fourth-order valence-electron chi connectivity index (χ4n) is 2.97. The third kappa shape index (κ3) is 7.41. The molecule has 2 amide bonds. The highest BCUT2D eigenvalue weighted by Crippen LogP contribution is 2.25. The van der Waals surface area contributed by atoms with E-state index >= 15 is 0 Å². The number of esters is 1. The molecule has 0 saturated carbocycles. The zero-order valence-electron chi connectivity index (χ0n) is 17.7. The van der Waals surface area contributed by atoms with E-state index in [2.05, 4.69) is 10.6 Å². The summed E-state index contributed by atoms with van der Waals surface area (Å²) in [5.41, 5.74) is 0.169. The topological polar surface area (TPSA) is 128 Å². The van der Waals surface area contributed by atoms with Gasteiger partial charge in [0.2, 0.25) is 6.10 Å². The molecular formula is C23H16Cl3N3O6. The Labute approximate surface area is 214 Å². The maximum absolute atomic E-state index is 12.9. The first-order valence-electron chi connectivity index (χ1n) is 9.87. The third-order valence-electron chi connectivity index (χ3n) is 4.47. The van der Waals surface area contributed by atoms with Crippen molar-refractivity contribution in [1.29, 1.82) is 0 Å². The molecule has 0 aliphatic carbocycles. The summed E-state index contributed by atoms with van der Waals surface area (Å²) < 4.78 is 5.34. The molecule has 1 atom stereocenters. The Balaban J connectivity index is 1.71. The smallest absolute Gasteiger partial charge is 0.326 e. The van der Waals surface area contributed by atoms with E-state index in [0.717, 1.165) is 12.1 Å². The van der Waals surface area contributed by atoms with Gasteiger partial charge in [0.05, 0.1) is 4.92 Å². The van der Waals surface area contributed by atoms with Gasteiger partial charge in [0.25, 0.3) is 17.5 Å². The Kier molecular flexibility index (Phi) is 8.64. The second-order valence-corrected chi connectivity index (χ2v) is 8.38. The number of halogens is 3. The number of ether oxygens (including phenoxy) is 1. The molecule has 3 aromatic rings. The van der Waals surface area contributed by atoms with Crippen molar-refractivity contribution < 1.29 is 24.0 Å². The Morgan fingerprint density at radius 3 is 2.17 bits per heavy atom. The normalized spacial score (nSPS) is 11.3. The second-order valence-electron chi connectivity index (χ2n) is 7.07. The van der Waals surface area contributed by atoms with Crippen LogP contribution in [0.1, 0.15) is 22.0 Å². The number of nitrogens with one attached hydrogen (secondary N) is 2. The van der Waals surface area contributed by atoms with Crippen molar-refractivity contribution in [3.8, 4) is 0 Å². The number of hydrogen-bond donors (Lipinski definition) is 2. The molecule has 0 aromatic heterocycles. The van der Waals surface area contributed by atoms with Gasteiger partial charge in [-0.1, -0.05) is 65.1 Å². The summed E-state index contributed by atoms with van der Waals surface area (Å²) in [6.45, 7) is -0.612. The summed E-state index contributed by atoms with van der Waals surface area (Å²) in [6, 6.07) is 16.0. The predicted molar refractivity (Wildman–Crippen MR) is 131 cm³/mol. The van der Waals surface area contributed by atoms with E-state index in [1.54, 1.807) is 30.3 Å². The molecule has 0 bridgehead atoms. The fraction of sp³-hybridized carbons (Fsp3) is 0.0870. The number of nitro benzene ring substituents is 1. The molecule has 0 radical (unpaired) electrons. The minimum absolute atomic E-state index is 0.0196. The number of benzene rings is 3. The van der Waals surface area contributed by atoms with Crippen molar-refractivity contribution in [3.05, 3.63) is 103 Å². The monoisotopic (exact) mass is 535 g/mol. The number of nitrogens with zero attached hydrogens (tertiary/aromatic N) is 1. The number of carbonyl (C=O) groups excluding carboxylic acids is 3. The average Bonchev–Trinajstić information content (AvgIpc) is 2.80. The van der Waals surface area contributed by atoms with Gasteiger partial charge in [0.15, 0.2) is 0 Å². The van der Waals surface area contributed by atoms with Gasteiger partial charge in [-0.25, -0.2) is 0 Å². The predicted octanol–water partition coefficient (Wildman–Crippen LogP) is 5.21. The minimum atomic E-state index is -1.36. The lowest BCUT2D eigenvalue weighted by Crippen LogP contribution is -2.33. The molecule has 0 fully saturated rings. The van der Waals surface area contributed by atoms with E-state index in [1.165, 1.54) is 24.3 Å². The first kappa shape index (κ1) is 26.0. The van der Waals surface area contributed by atoms with Crippen LogP contribution in [0.2, 0.25) is 15.1 Å². The highest BCUT2D eigenvalue weighted by Gasteiger charge is 2.26. The number of amides is 2. The summed E-state index contributed by atoms with van der Waals surface area (Å²) in [5, 5.41) is 16.4. The molecule has 0 aliphatic rings. The van der Waals surface area contributed by atoms with Crippen LogP contribution in [0.5, 0.6) is 0 Å². The first-order valence-corrected chi connectivity index (χ1v) is 11.0. The van der Waals surface area contributed by atoms with Crippen LogP contribution in [0.3, 0.4) is 0 Å². The number of nitro groups is 1. The molecule has 0 heterocycles. The SMILES string of the molecule is O=C(CNC(=O)c1cc(Cl)cc([N+](=O)[O-])c1)OC(C(=O)Nc1cc(Cl)cc(Cl)c1)c1ccccc1. The molecule has 0 saturated heterocycles. The summed E-state index contributed by atoms with van der Waals surface area (Å²) in [5.74, 6) is -2.40. The molecule has 3 rings (SSSR count). The van der Waals surface area contributed by atoms with E-state index in [-0.39, 0.29) is 16.3 Å². The fourth-order valence-corrected chi connectivity index (χ4v) is 3.73. The van der Waals surface area contributed by atoms with Gasteiger partial charge < -0.3 is 15.4 Å². The van der Waals surface area contributed by atoms with E-state index < -0.39 is 35.4 Å². The molecule has 3 aromatic carbocycles. The molecule has 35 heavy (non-hydrogen) atoms. The Morgan fingerprint density at radius 1 is 0.914 bits per heavy atom. The van der Waals surface area contributed by atoms with Crippen LogP contribution in [0.25, 0.3) is 0 Å². The van der Waals surface area contributed by atoms with Crippen molar-refractivity contribution in [1.82, 2.24) is 5.32 Å². The molecule has 9 nitrogen and oxygen atoms in total. The van der Waals surface area contributed by atoms with Crippen LogP contribution in [-0.4, -0.2) is 29.3 Å². The van der Waals surface area contributed by atoms with Crippen LogP contribution in [0.15, 0.2) is 66.7 Å². The number of anilines is 1. The molecule has 0 spiro atoms. The van der Waals surface area contributed by atoms with Gasteiger partial charge in [-0.2, -0.15) is 0 Å². The lowest BCUT2D eigenvalue weighted by atomic mass is 10.1. The quantitative estimate of drug-likeness (QED) is 0.231. The third-order valence-corrected chi connectivity index (χ3v) is 5.12. The maximum atomic E-state index is 12.9. The second kappa shape index (κ2) is 11.7. The van der Waals surface area contributed by atoms with Crippen molar-refractivity contribution in [3.63, 3.8) is 0 Å². The Hall–Kier alpha value is -3.66. The molecule has 12 heteroatoms. The zero-order valence-corrected chi connectivity index (χ0v) is 19.9.